The van der Waals surface area contributed by atoms with Crippen molar-refractivity contribution in [2.75, 3.05) is 27.7 Å². The van der Waals surface area contributed by atoms with Gasteiger partial charge >= 0.3 is 6.18 Å². The summed E-state index contributed by atoms with van der Waals surface area (Å²) < 4.78 is 36.0. The first-order valence-corrected chi connectivity index (χ1v) is 3.26. The van der Waals surface area contributed by atoms with Crippen LogP contribution in [0.2, 0.25) is 0 Å². The second-order valence-corrected chi connectivity index (χ2v) is 2.65. The zero-order valence-electron chi connectivity index (χ0n) is 6.87. The third-order valence-electron chi connectivity index (χ3n) is 1.29. The minimum absolute atomic E-state index is 0.0278. The van der Waals surface area contributed by atoms with Crippen molar-refractivity contribution in [3.8, 4) is 0 Å². The minimum atomic E-state index is -4.15. The number of likely N-dealkylation sites (N-methyl/N-ethyl adjacent to an activating group) is 2. The van der Waals surface area contributed by atoms with E-state index in [1.54, 1.807) is 14.1 Å². The van der Waals surface area contributed by atoms with Crippen molar-refractivity contribution in [2.45, 2.75) is 12.2 Å². The maximum Gasteiger partial charge on any atom is 0.405 e. The predicted octanol–water partition coefficient (Wildman–Crippen LogP) is 0.698. The third-order valence-corrected chi connectivity index (χ3v) is 1.29. The smallest absolute Gasteiger partial charge is 0.308 e. The van der Waals surface area contributed by atoms with Crippen LogP contribution in [0.4, 0.5) is 13.2 Å². The zero-order chi connectivity index (χ0) is 9.07. The van der Waals surface area contributed by atoms with Gasteiger partial charge in [0, 0.05) is 6.54 Å². The highest BCUT2D eigenvalue weighted by Gasteiger charge is 2.38. The molecule has 0 saturated carbocycles. The normalized spacial score (nSPS) is 15.5. The van der Waals surface area contributed by atoms with Crippen LogP contribution in [0.1, 0.15) is 0 Å². The van der Waals surface area contributed by atoms with Gasteiger partial charge < -0.3 is 10.2 Å². The molecule has 0 spiro atoms. The molecule has 0 radical (unpaired) electrons. The summed E-state index contributed by atoms with van der Waals surface area (Å²) in [6.07, 6.45) is -4.15. The Kier molecular flexibility index (Phi) is 3.82. The van der Waals surface area contributed by atoms with Crippen molar-refractivity contribution in [3.05, 3.63) is 0 Å². The molecule has 68 valence electrons. The van der Waals surface area contributed by atoms with Crippen LogP contribution in [-0.2, 0) is 0 Å². The summed E-state index contributed by atoms with van der Waals surface area (Å²) in [5, 5.41) is 2.21. The van der Waals surface area contributed by atoms with Gasteiger partial charge in [-0.2, -0.15) is 13.2 Å². The van der Waals surface area contributed by atoms with Crippen molar-refractivity contribution >= 4 is 0 Å². The van der Waals surface area contributed by atoms with Gasteiger partial charge in [-0.25, -0.2) is 0 Å². The van der Waals surface area contributed by atoms with E-state index in [2.05, 4.69) is 5.32 Å². The number of halogens is 3. The van der Waals surface area contributed by atoms with E-state index in [9.17, 15) is 13.2 Å². The molecule has 0 aromatic rings. The Morgan fingerprint density at radius 2 is 1.82 bits per heavy atom. The van der Waals surface area contributed by atoms with E-state index in [1.807, 2.05) is 0 Å². The quantitative estimate of drug-likeness (QED) is 0.670. The fourth-order valence-corrected chi connectivity index (χ4v) is 0.724. The average Bonchev–Trinajstić information content (AvgIpc) is 1.79. The molecular weight excluding hydrogens is 157 g/mol. The maximum absolute atomic E-state index is 12.0. The van der Waals surface area contributed by atoms with E-state index >= 15 is 0 Å². The summed E-state index contributed by atoms with van der Waals surface area (Å²) in [6, 6.07) is -1.43. The van der Waals surface area contributed by atoms with Gasteiger partial charge in [-0.15, -0.1) is 0 Å². The van der Waals surface area contributed by atoms with Crippen LogP contribution in [0.5, 0.6) is 0 Å². The highest BCUT2D eigenvalue weighted by molar-refractivity contribution is 4.75. The molecule has 0 aliphatic rings. The summed E-state index contributed by atoms with van der Waals surface area (Å²) in [5.41, 5.74) is 0. The number of alkyl halides is 3. The van der Waals surface area contributed by atoms with Crippen LogP contribution in [0.15, 0.2) is 0 Å². The number of hydrogen-bond acceptors (Lipinski definition) is 2. The number of nitrogens with one attached hydrogen (secondary N) is 1. The lowest BCUT2D eigenvalue weighted by molar-refractivity contribution is -0.157. The van der Waals surface area contributed by atoms with E-state index in [-0.39, 0.29) is 6.54 Å². The van der Waals surface area contributed by atoms with Crippen LogP contribution in [-0.4, -0.2) is 44.8 Å². The molecule has 0 aliphatic carbocycles. The summed E-state index contributed by atoms with van der Waals surface area (Å²) in [4.78, 5) is 1.49. The van der Waals surface area contributed by atoms with Gasteiger partial charge in [0.2, 0.25) is 0 Å². The molecule has 0 saturated heterocycles. The molecule has 0 bridgehead atoms. The van der Waals surface area contributed by atoms with Crippen LogP contribution < -0.4 is 5.32 Å². The second-order valence-electron chi connectivity index (χ2n) is 2.65. The fraction of sp³-hybridized carbons (Fsp3) is 1.00. The summed E-state index contributed by atoms with van der Waals surface area (Å²) in [7, 11) is 4.52. The monoisotopic (exact) mass is 170 g/mol. The fourth-order valence-electron chi connectivity index (χ4n) is 0.724. The zero-order valence-corrected chi connectivity index (χ0v) is 6.87. The van der Waals surface area contributed by atoms with Gasteiger partial charge in [0.25, 0.3) is 0 Å². The van der Waals surface area contributed by atoms with Gasteiger partial charge in [0.05, 0.1) is 0 Å². The Labute approximate surface area is 64.4 Å². The molecule has 5 heteroatoms. The summed E-state index contributed by atoms with van der Waals surface area (Å²) >= 11 is 0. The molecule has 1 atom stereocenters. The van der Waals surface area contributed by atoms with E-state index in [4.69, 9.17) is 0 Å². The van der Waals surface area contributed by atoms with Crippen molar-refractivity contribution in [1.82, 2.24) is 10.2 Å². The lowest BCUT2D eigenvalue weighted by Crippen LogP contribution is -2.46. The standard InChI is InChI=1S/C6H13F3N2/c1-10-5(4-11(2)3)6(7,8)9/h5,10H,4H2,1-3H3. The first kappa shape index (κ1) is 10.7. The van der Waals surface area contributed by atoms with Gasteiger partial charge in [-0.05, 0) is 21.1 Å². The average molecular weight is 170 g/mol. The largest absolute Gasteiger partial charge is 0.405 e. The van der Waals surface area contributed by atoms with E-state index in [0.29, 0.717) is 0 Å². The van der Waals surface area contributed by atoms with Crippen LogP contribution >= 0.6 is 0 Å². The highest BCUT2D eigenvalue weighted by atomic mass is 19.4. The van der Waals surface area contributed by atoms with Crippen LogP contribution in [0, 0.1) is 0 Å². The molecule has 0 fully saturated rings. The highest BCUT2D eigenvalue weighted by Crippen LogP contribution is 2.19. The Bertz CT molecular complexity index is 111. The minimum Gasteiger partial charge on any atom is -0.308 e. The summed E-state index contributed by atoms with van der Waals surface area (Å²) in [6.45, 7) is -0.0278. The van der Waals surface area contributed by atoms with Gasteiger partial charge in [-0.3, -0.25) is 0 Å². The van der Waals surface area contributed by atoms with Crippen molar-refractivity contribution < 1.29 is 13.2 Å². The Balaban J connectivity index is 3.96. The van der Waals surface area contributed by atoms with Gasteiger partial charge in [0.1, 0.15) is 6.04 Å². The Hall–Kier alpha value is -0.290. The first-order chi connectivity index (χ1) is 4.88. The van der Waals surface area contributed by atoms with Crippen molar-refractivity contribution in [3.63, 3.8) is 0 Å². The van der Waals surface area contributed by atoms with E-state index in [1.165, 1.54) is 11.9 Å². The second kappa shape index (κ2) is 3.92. The molecule has 1 N–H and O–H groups in total. The SMILES string of the molecule is CNC(CN(C)C)C(F)(F)F. The Morgan fingerprint density at radius 3 is 1.91 bits per heavy atom. The molecule has 1 unspecified atom stereocenters. The number of rotatable bonds is 3. The molecule has 0 amide bonds. The van der Waals surface area contributed by atoms with Gasteiger partial charge in [0.15, 0.2) is 0 Å². The molecule has 0 aliphatic heterocycles. The summed E-state index contributed by atoms with van der Waals surface area (Å²) in [5.74, 6) is 0. The Morgan fingerprint density at radius 1 is 1.36 bits per heavy atom. The van der Waals surface area contributed by atoms with E-state index < -0.39 is 12.2 Å². The topological polar surface area (TPSA) is 15.3 Å². The molecule has 11 heavy (non-hydrogen) atoms. The number of nitrogens with zero attached hydrogens (tertiary/aromatic N) is 1. The predicted molar refractivity (Wildman–Crippen MR) is 37.5 cm³/mol. The first-order valence-electron chi connectivity index (χ1n) is 3.26. The molecule has 2 nitrogen and oxygen atoms in total. The van der Waals surface area contributed by atoms with Crippen molar-refractivity contribution in [2.24, 2.45) is 0 Å². The molecule has 0 rings (SSSR count). The van der Waals surface area contributed by atoms with Gasteiger partial charge in [-0.1, -0.05) is 0 Å². The molecule has 0 heterocycles. The maximum atomic E-state index is 12.0. The van der Waals surface area contributed by atoms with Crippen LogP contribution in [0.25, 0.3) is 0 Å². The molecule has 0 aromatic heterocycles. The third kappa shape index (κ3) is 4.21. The van der Waals surface area contributed by atoms with Crippen LogP contribution in [0.3, 0.4) is 0 Å². The lowest BCUT2D eigenvalue weighted by Gasteiger charge is -2.22. The molecule has 0 aromatic carbocycles. The van der Waals surface area contributed by atoms with Crippen molar-refractivity contribution in [1.29, 1.82) is 0 Å². The van der Waals surface area contributed by atoms with E-state index in [0.717, 1.165) is 0 Å². The lowest BCUT2D eigenvalue weighted by atomic mass is 10.3. The molecular formula is C6H13F3N2. The number of hydrogen-bond donors (Lipinski definition) is 1.